The van der Waals surface area contributed by atoms with E-state index in [1.807, 2.05) is 69.6 Å². The molecule has 0 saturated carbocycles. The van der Waals surface area contributed by atoms with Crippen LogP contribution in [0.25, 0.3) is 22.4 Å². The number of ether oxygens (including phenoxy) is 1. The van der Waals surface area contributed by atoms with Crippen LogP contribution in [-0.2, 0) is 7.05 Å². The average molecular weight is 467 g/mol. The highest BCUT2D eigenvalue weighted by Crippen LogP contribution is 2.32. The first-order valence-electron chi connectivity index (χ1n) is 10.7. The van der Waals surface area contributed by atoms with E-state index in [4.69, 9.17) is 4.74 Å². The van der Waals surface area contributed by atoms with Crippen molar-refractivity contribution in [3.8, 4) is 23.0 Å². The second-order valence-electron chi connectivity index (χ2n) is 8.03. The quantitative estimate of drug-likeness (QED) is 0.356. The van der Waals surface area contributed by atoms with Gasteiger partial charge in [0.15, 0.2) is 11.5 Å². The summed E-state index contributed by atoms with van der Waals surface area (Å²) in [5, 5.41) is 8.04. The number of pyridine rings is 1. The molecule has 0 spiro atoms. The number of hydrogen-bond donors (Lipinski definition) is 1. The van der Waals surface area contributed by atoms with Gasteiger partial charge in [-0.3, -0.25) is 14.5 Å². The van der Waals surface area contributed by atoms with Crippen molar-refractivity contribution in [3.63, 3.8) is 0 Å². The molecule has 1 N–H and O–H groups in total. The Bertz CT molecular complexity index is 1510. The Balaban J connectivity index is 0.00000289. The largest absolute Gasteiger partial charge is 0.438 e. The summed E-state index contributed by atoms with van der Waals surface area (Å²) in [6.45, 7) is 3.90. The van der Waals surface area contributed by atoms with Crippen molar-refractivity contribution in [3.05, 3.63) is 89.9 Å². The molecule has 0 atom stereocenters. The fraction of sp³-hybridized carbons (Fsp3) is 0.148. The van der Waals surface area contributed by atoms with Crippen molar-refractivity contribution in [2.45, 2.75) is 21.3 Å². The number of nitrogens with zero attached hydrogens (tertiary/aromatic N) is 5. The van der Waals surface area contributed by atoms with E-state index >= 15 is 0 Å². The molecule has 8 heteroatoms. The van der Waals surface area contributed by atoms with Crippen LogP contribution in [0.4, 0.5) is 5.69 Å². The average Bonchev–Trinajstić information content (AvgIpc) is 3.21. The van der Waals surface area contributed by atoms with E-state index in [9.17, 15) is 4.79 Å². The first-order valence-corrected chi connectivity index (χ1v) is 10.7. The van der Waals surface area contributed by atoms with Gasteiger partial charge in [-0.15, -0.1) is 0 Å². The Hall–Kier alpha value is -4.59. The van der Waals surface area contributed by atoms with Gasteiger partial charge >= 0.3 is 0 Å². The second kappa shape index (κ2) is 9.72. The van der Waals surface area contributed by atoms with Crippen LogP contribution < -0.4 is 10.1 Å². The van der Waals surface area contributed by atoms with Gasteiger partial charge in [-0.25, -0.2) is 4.98 Å². The number of nitrogens with one attached hydrogen (secondary N) is 1. The molecule has 35 heavy (non-hydrogen) atoms. The van der Waals surface area contributed by atoms with E-state index in [0.717, 1.165) is 22.4 Å². The number of aromatic nitrogens is 5. The van der Waals surface area contributed by atoms with Crippen LogP contribution in [0, 0.1) is 13.8 Å². The molecule has 2 aromatic carbocycles. The third-order valence-corrected chi connectivity index (χ3v) is 5.33. The zero-order chi connectivity index (χ0) is 23.7. The van der Waals surface area contributed by atoms with Crippen LogP contribution in [-0.4, -0.2) is 30.6 Å². The number of carbonyl (C=O) groups excluding carboxylic acids is 1. The smallest absolute Gasteiger partial charge is 0.255 e. The number of benzene rings is 2. The number of fused-ring (bicyclic) bond motifs is 1. The third-order valence-electron chi connectivity index (χ3n) is 5.33. The summed E-state index contributed by atoms with van der Waals surface area (Å²) in [6.07, 6.45) is 5.18. The van der Waals surface area contributed by atoms with Gasteiger partial charge in [0, 0.05) is 42.5 Å². The Morgan fingerprint density at radius 1 is 1.00 bits per heavy atom. The summed E-state index contributed by atoms with van der Waals surface area (Å²) >= 11 is 0. The number of anilines is 1. The zero-order valence-electron chi connectivity index (χ0n) is 19.0. The fourth-order valence-corrected chi connectivity index (χ4v) is 3.58. The van der Waals surface area contributed by atoms with E-state index in [2.05, 4.69) is 25.4 Å². The number of rotatable bonds is 5. The molecule has 5 rings (SSSR count). The molecule has 3 aromatic heterocycles. The van der Waals surface area contributed by atoms with Crippen LogP contribution in [0.3, 0.4) is 0 Å². The fourth-order valence-electron chi connectivity index (χ4n) is 3.58. The molecule has 8 nitrogen and oxygen atoms in total. The maximum absolute atomic E-state index is 12.9. The van der Waals surface area contributed by atoms with Gasteiger partial charge in [-0.05, 0) is 61.4 Å². The topological polar surface area (TPSA) is 94.8 Å². The molecule has 0 aliphatic rings. The molecule has 0 radical (unpaired) electrons. The molecular weight excluding hydrogens is 440 g/mol. The standard InChI is InChI=1S/C26H22N6O2.CH4/c1-16-5-4-6-20(13-16)28-25(33)19-8-7-17(2)22(14-19)34-26-21-15-32(3)31-24(21)29-23(30-26)18-9-11-27-12-10-18;/h4-15H,1-3H3,(H,28,33);1H4. The van der Waals surface area contributed by atoms with Crippen molar-refractivity contribution in [2.24, 2.45) is 7.05 Å². The van der Waals surface area contributed by atoms with Gasteiger partial charge in [0.05, 0.1) is 0 Å². The first kappa shape index (κ1) is 23.6. The lowest BCUT2D eigenvalue weighted by atomic mass is 10.1. The van der Waals surface area contributed by atoms with Crippen molar-refractivity contribution in [1.29, 1.82) is 0 Å². The van der Waals surface area contributed by atoms with Gasteiger partial charge in [0.2, 0.25) is 5.88 Å². The lowest BCUT2D eigenvalue weighted by Crippen LogP contribution is -2.12. The van der Waals surface area contributed by atoms with Crippen LogP contribution in [0.15, 0.2) is 73.2 Å². The minimum absolute atomic E-state index is 0. The summed E-state index contributed by atoms with van der Waals surface area (Å²) in [6, 6.07) is 16.7. The van der Waals surface area contributed by atoms with E-state index in [-0.39, 0.29) is 13.3 Å². The van der Waals surface area contributed by atoms with E-state index in [1.54, 1.807) is 29.2 Å². The lowest BCUT2D eigenvalue weighted by Gasteiger charge is -2.12. The summed E-state index contributed by atoms with van der Waals surface area (Å²) in [4.78, 5) is 26.2. The molecule has 1 amide bonds. The monoisotopic (exact) mass is 466 g/mol. The molecule has 3 heterocycles. The molecule has 176 valence electrons. The third kappa shape index (κ3) is 5.01. The predicted molar refractivity (Wildman–Crippen MR) is 137 cm³/mol. The Kier molecular flexibility index (Phi) is 6.55. The van der Waals surface area contributed by atoms with E-state index < -0.39 is 0 Å². The van der Waals surface area contributed by atoms with Gasteiger partial charge in [0.1, 0.15) is 11.1 Å². The van der Waals surface area contributed by atoms with Gasteiger partial charge < -0.3 is 10.1 Å². The van der Waals surface area contributed by atoms with E-state index in [0.29, 0.717) is 34.1 Å². The van der Waals surface area contributed by atoms with Crippen molar-refractivity contribution in [2.75, 3.05) is 5.32 Å². The van der Waals surface area contributed by atoms with Crippen LogP contribution >= 0.6 is 0 Å². The summed E-state index contributed by atoms with van der Waals surface area (Å²) < 4.78 is 7.93. The lowest BCUT2D eigenvalue weighted by molar-refractivity contribution is 0.102. The molecule has 5 aromatic rings. The number of amides is 1. The second-order valence-corrected chi connectivity index (χ2v) is 8.03. The molecule has 0 unspecified atom stereocenters. The van der Waals surface area contributed by atoms with Crippen LogP contribution in [0.1, 0.15) is 28.9 Å². The molecule has 0 bridgehead atoms. The Labute approximate surface area is 203 Å². The maximum atomic E-state index is 12.9. The Morgan fingerprint density at radius 2 is 1.80 bits per heavy atom. The summed E-state index contributed by atoms with van der Waals surface area (Å²) in [5.41, 5.74) is 4.48. The van der Waals surface area contributed by atoms with Crippen LogP contribution in [0.2, 0.25) is 0 Å². The number of carbonyl (C=O) groups is 1. The zero-order valence-corrected chi connectivity index (χ0v) is 19.0. The highest BCUT2D eigenvalue weighted by atomic mass is 16.5. The highest BCUT2D eigenvalue weighted by Gasteiger charge is 2.17. The van der Waals surface area contributed by atoms with E-state index in [1.165, 1.54) is 0 Å². The minimum Gasteiger partial charge on any atom is -0.438 e. The summed E-state index contributed by atoms with van der Waals surface area (Å²) in [7, 11) is 1.82. The number of aryl methyl sites for hydroxylation is 3. The normalized spacial score (nSPS) is 10.6. The number of hydrogen-bond acceptors (Lipinski definition) is 6. The van der Waals surface area contributed by atoms with Gasteiger partial charge in [0.25, 0.3) is 5.91 Å². The molecule has 0 fully saturated rings. The maximum Gasteiger partial charge on any atom is 0.255 e. The molecule has 0 aliphatic heterocycles. The van der Waals surface area contributed by atoms with Gasteiger partial charge in [-0.1, -0.05) is 25.6 Å². The first-order chi connectivity index (χ1) is 16.5. The van der Waals surface area contributed by atoms with Crippen LogP contribution in [0.5, 0.6) is 11.6 Å². The SMILES string of the molecule is C.Cc1cccc(NC(=O)c2ccc(C)c(Oc3nc(-c4ccncc4)nc4nn(C)cc34)c2)c1. The van der Waals surface area contributed by atoms with Gasteiger partial charge in [-0.2, -0.15) is 10.1 Å². The Morgan fingerprint density at radius 3 is 2.57 bits per heavy atom. The predicted octanol–water partition coefficient (Wildman–Crippen LogP) is 5.72. The van der Waals surface area contributed by atoms with Crippen molar-refractivity contribution >= 4 is 22.6 Å². The molecule has 0 aliphatic carbocycles. The van der Waals surface area contributed by atoms with Crippen molar-refractivity contribution in [1.82, 2.24) is 24.7 Å². The van der Waals surface area contributed by atoms with Crippen molar-refractivity contribution < 1.29 is 9.53 Å². The molecule has 0 saturated heterocycles. The summed E-state index contributed by atoms with van der Waals surface area (Å²) in [5.74, 6) is 1.16. The molecular formula is C27H26N6O2. The minimum atomic E-state index is -0.220. The highest BCUT2D eigenvalue weighted by molar-refractivity contribution is 6.04.